The van der Waals surface area contributed by atoms with Gasteiger partial charge in [-0.2, -0.15) is 0 Å². The van der Waals surface area contributed by atoms with E-state index in [-0.39, 0.29) is 18.5 Å². The van der Waals surface area contributed by atoms with Crippen LogP contribution in [0.1, 0.15) is 48.3 Å². The average Bonchev–Trinajstić information content (AvgIpc) is 2.45. The molecule has 1 aromatic rings. The number of amides is 1. The van der Waals surface area contributed by atoms with Gasteiger partial charge in [-0.25, -0.2) is 4.98 Å². The Morgan fingerprint density at radius 1 is 1.30 bits per heavy atom. The van der Waals surface area contributed by atoms with Gasteiger partial charge in [0.2, 0.25) is 0 Å². The Morgan fingerprint density at radius 2 is 2.00 bits per heavy atom. The summed E-state index contributed by atoms with van der Waals surface area (Å²) in [5.74, 6) is -1.25. The molecule has 1 aromatic heterocycles. The van der Waals surface area contributed by atoms with Crippen LogP contribution in [0.25, 0.3) is 0 Å². The molecule has 1 N–H and O–H groups in total. The van der Waals surface area contributed by atoms with Crippen LogP contribution >= 0.6 is 0 Å². The number of aromatic nitrogens is 1. The first-order valence-electron chi connectivity index (χ1n) is 7.04. The fourth-order valence-corrected chi connectivity index (χ4v) is 2.71. The highest BCUT2D eigenvalue weighted by Gasteiger charge is 2.28. The van der Waals surface area contributed by atoms with E-state index < -0.39 is 5.97 Å². The van der Waals surface area contributed by atoms with Gasteiger partial charge in [-0.3, -0.25) is 9.59 Å². The number of carbonyl (C=O) groups is 2. The van der Waals surface area contributed by atoms with Crippen molar-refractivity contribution in [2.45, 2.75) is 45.1 Å². The summed E-state index contributed by atoms with van der Waals surface area (Å²) in [7, 11) is 0. The number of carbonyl (C=O) groups excluding carboxylic acids is 1. The summed E-state index contributed by atoms with van der Waals surface area (Å²) in [6.07, 6.45) is 5.02. The van der Waals surface area contributed by atoms with E-state index in [1.807, 2.05) is 13.0 Å². The van der Waals surface area contributed by atoms with Gasteiger partial charge in [-0.1, -0.05) is 25.3 Å². The summed E-state index contributed by atoms with van der Waals surface area (Å²) in [6.45, 7) is 1.57. The van der Waals surface area contributed by atoms with E-state index in [4.69, 9.17) is 5.11 Å². The van der Waals surface area contributed by atoms with Gasteiger partial charge in [0.05, 0.1) is 0 Å². The number of rotatable bonds is 4. The number of aryl methyl sites for hydroxylation is 1. The van der Waals surface area contributed by atoms with Crippen molar-refractivity contribution in [3.05, 3.63) is 29.6 Å². The molecule has 1 aliphatic rings. The highest BCUT2D eigenvalue weighted by Crippen LogP contribution is 2.23. The molecule has 1 aliphatic carbocycles. The molecule has 0 atom stereocenters. The zero-order chi connectivity index (χ0) is 14.5. The summed E-state index contributed by atoms with van der Waals surface area (Å²) in [4.78, 5) is 29.3. The maximum Gasteiger partial charge on any atom is 0.323 e. The molecular weight excluding hydrogens is 256 g/mol. The molecule has 1 fully saturated rings. The van der Waals surface area contributed by atoms with E-state index in [0.717, 1.165) is 37.8 Å². The number of carboxylic acid groups (broad SMARTS) is 1. The molecule has 1 heterocycles. The van der Waals surface area contributed by atoms with E-state index in [0.29, 0.717) is 5.69 Å². The SMILES string of the molecule is Cc1cccc(C(=O)N(CC(=O)O)C2CCCCC2)n1. The first-order chi connectivity index (χ1) is 9.58. The minimum atomic E-state index is -0.975. The fourth-order valence-electron chi connectivity index (χ4n) is 2.71. The Hall–Kier alpha value is -1.91. The minimum Gasteiger partial charge on any atom is -0.480 e. The molecule has 20 heavy (non-hydrogen) atoms. The second-order valence-corrected chi connectivity index (χ2v) is 5.28. The van der Waals surface area contributed by atoms with Crippen molar-refractivity contribution in [3.8, 4) is 0 Å². The van der Waals surface area contributed by atoms with Crippen molar-refractivity contribution in [1.82, 2.24) is 9.88 Å². The van der Waals surface area contributed by atoms with Gasteiger partial charge in [0.1, 0.15) is 12.2 Å². The van der Waals surface area contributed by atoms with E-state index >= 15 is 0 Å². The summed E-state index contributed by atoms with van der Waals surface area (Å²) in [5, 5.41) is 9.05. The van der Waals surface area contributed by atoms with Crippen molar-refractivity contribution in [2.75, 3.05) is 6.54 Å². The third kappa shape index (κ3) is 3.56. The maximum absolute atomic E-state index is 12.5. The number of carboxylic acids is 1. The predicted molar refractivity (Wildman–Crippen MR) is 74.5 cm³/mol. The first kappa shape index (κ1) is 14.5. The molecule has 0 bridgehead atoms. The highest BCUT2D eigenvalue weighted by atomic mass is 16.4. The van der Waals surface area contributed by atoms with Gasteiger partial charge in [-0.15, -0.1) is 0 Å². The number of aliphatic carboxylic acids is 1. The number of hydrogen-bond acceptors (Lipinski definition) is 3. The predicted octanol–water partition coefficient (Wildman–Crippen LogP) is 2.25. The smallest absolute Gasteiger partial charge is 0.323 e. The summed E-state index contributed by atoms with van der Waals surface area (Å²) in [6, 6.07) is 5.26. The standard InChI is InChI=1S/C15H20N2O3/c1-11-6-5-9-13(16-11)15(20)17(10-14(18)19)12-7-3-2-4-8-12/h5-6,9,12H,2-4,7-8,10H2,1H3,(H,18,19). The normalized spacial score (nSPS) is 15.8. The van der Waals surface area contributed by atoms with Gasteiger partial charge in [-0.05, 0) is 31.9 Å². The van der Waals surface area contributed by atoms with Gasteiger partial charge < -0.3 is 10.0 Å². The number of hydrogen-bond donors (Lipinski definition) is 1. The van der Waals surface area contributed by atoms with E-state index in [1.165, 1.54) is 4.90 Å². The zero-order valence-corrected chi connectivity index (χ0v) is 11.7. The van der Waals surface area contributed by atoms with Crippen molar-refractivity contribution >= 4 is 11.9 Å². The topological polar surface area (TPSA) is 70.5 Å². The molecule has 0 radical (unpaired) electrons. The Bertz CT molecular complexity index is 496. The van der Waals surface area contributed by atoms with Gasteiger partial charge in [0.15, 0.2) is 0 Å². The van der Waals surface area contributed by atoms with Crippen LogP contribution in [-0.2, 0) is 4.79 Å². The van der Waals surface area contributed by atoms with Crippen LogP contribution in [0, 0.1) is 6.92 Å². The zero-order valence-electron chi connectivity index (χ0n) is 11.7. The molecule has 5 heteroatoms. The Morgan fingerprint density at radius 3 is 2.60 bits per heavy atom. The fraction of sp³-hybridized carbons (Fsp3) is 0.533. The molecule has 0 saturated heterocycles. The van der Waals surface area contributed by atoms with Crippen LogP contribution in [0.15, 0.2) is 18.2 Å². The monoisotopic (exact) mass is 276 g/mol. The second kappa shape index (κ2) is 6.50. The molecule has 0 spiro atoms. The summed E-state index contributed by atoms with van der Waals surface area (Å²) in [5.41, 5.74) is 1.09. The largest absolute Gasteiger partial charge is 0.480 e. The van der Waals surface area contributed by atoms with Crippen LogP contribution in [0.4, 0.5) is 0 Å². The van der Waals surface area contributed by atoms with Crippen LogP contribution in [0.3, 0.4) is 0 Å². The molecular formula is C15H20N2O3. The third-order valence-electron chi connectivity index (χ3n) is 3.69. The van der Waals surface area contributed by atoms with E-state index in [2.05, 4.69) is 4.98 Å². The Kier molecular flexibility index (Phi) is 4.71. The molecule has 1 saturated carbocycles. The average molecular weight is 276 g/mol. The quantitative estimate of drug-likeness (QED) is 0.915. The van der Waals surface area contributed by atoms with Gasteiger partial charge >= 0.3 is 5.97 Å². The van der Waals surface area contributed by atoms with Crippen LogP contribution < -0.4 is 0 Å². The lowest BCUT2D eigenvalue weighted by Crippen LogP contribution is -2.44. The maximum atomic E-state index is 12.5. The van der Waals surface area contributed by atoms with Crippen molar-refractivity contribution in [2.24, 2.45) is 0 Å². The first-order valence-corrected chi connectivity index (χ1v) is 7.04. The molecule has 108 valence electrons. The highest BCUT2D eigenvalue weighted by molar-refractivity contribution is 5.94. The second-order valence-electron chi connectivity index (χ2n) is 5.28. The Balaban J connectivity index is 2.20. The van der Waals surface area contributed by atoms with Gasteiger partial charge in [0.25, 0.3) is 5.91 Å². The third-order valence-corrected chi connectivity index (χ3v) is 3.69. The molecule has 0 unspecified atom stereocenters. The number of nitrogens with zero attached hydrogens (tertiary/aromatic N) is 2. The van der Waals surface area contributed by atoms with Crippen LogP contribution in [0.5, 0.6) is 0 Å². The molecule has 1 amide bonds. The van der Waals surface area contributed by atoms with Crippen LogP contribution in [0.2, 0.25) is 0 Å². The van der Waals surface area contributed by atoms with Crippen molar-refractivity contribution in [3.63, 3.8) is 0 Å². The van der Waals surface area contributed by atoms with Crippen molar-refractivity contribution < 1.29 is 14.7 Å². The van der Waals surface area contributed by atoms with Gasteiger partial charge in [0, 0.05) is 11.7 Å². The molecule has 2 rings (SSSR count). The molecule has 5 nitrogen and oxygen atoms in total. The Labute approximate surface area is 118 Å². The van der Waals surface area contributed by atoms with E-state index in [9.17, 15) is 9.59 Å². The lowest BCUT2D eigenvalue weighted by Gasteiger charge is -2.33. The van der Waals surface area contributed by atoms with Crippen molar-refractivity contribution in [1.29, 1.82) is 0 Å². The number of pyridine rings is 1. The van der Waals surface area contributed by atoms with E-state index in [1.54, 1.807) is 12.1 Å². The lowest BCUT2D eigenvalue weighted by atomic mass is 9.94. The molecule has 0 aliphatic heterocycles. The van der Waals surface area contributed by atoms with Crippen LogP contribution in [-0.4, -0.2) is 39.5 Å². The minimum absolute atomic E-state index is 0.0228. The summed E-state index contributed by atoms with van der Waals surface area (Å²) >= 11 is 0. The molecule has 0 aromatic carbocycles. The summed E-state index contributed by atoms with van der Waals surface area (Å²) < 4.78 is 0. The lowest BCUT2D eigenvalue weighted by molar-refractivity contribution is -0.138.